The molecular formula is C11H11N3O5S. The Morgan fingerprint density at radius 1 is 1.50 bits per heavy atom. The molecule has 0 bridgehead atoms. The van der Waals surface area contributed by atoms with Gasteiger partial charge in [0.15, 0.2) is 0 Å². The SMILES string of the molecule is Cc1csc(C(=O)O)c1NC(=O)CN1C(=O)CNC1=O. The van der Waals surface area contributed by atoms with Crippen LogP contribution in [-0.4, -0.2) is 46.9 Å². The van der Waals surface area contributed by atoms with Gasteiger partial charge in [-0.1, -0.05) is 0 Å². The fourth-order valence-corrected chi connectivity index (χ4v) is 2.54. The van der Waals surface area contributed by atoms with Gasteiger partial charge in [0.2, 0.25) is 5.91 Å². The lowest BCUT2D eigenvalue weighted by molar-refractivity contribution is -0.128. The number of carboxylic acid groups (broad SMARTS) is 1. The number of urea groups is 1. The van der Waals surface area contributed by atoms with E-state index in [0.29, 0.717) is 5.56 Å². The number of carboxylic acids is 1. The molecule has 9 heteroatoms. The minimum absolute atomic E-state index is 0.00745. The van der Waals surface area contributed by atoms with Gasteiger partial charge in [0.05, 0.1) is 12.2 Å². The highest BCUT2D eigenvalue weighted by atomic mass is 32.1. The van der Waals surface area contributed by atoms with Crippen LogP contribution in [0.4, 0.5) is 10.5 Å². The summed E-state index contributed by atoms with van der Waals surface area (Å²) in [6, 6.07) is -0.634. The smallest absolute Gasteiger partial charge is 0.348 e. The number of nitrogens with one attached hydrogen (secondary N) is 2. The third-order valence-electron chi connectivity index (χ3n) is 2.67. The maximum absolute atomic E-state index is 11.8. The van der Waals surface area contributed by atoms with E-state index in [0.717, 1.165) is 16.2 Å². The summed E-state index contributed by atoms with van der Waals surface area (Å²) in [6.07, 6.45) is 0. The average Bonchev–Trinajstić information content (AvgIpc) is 2.88. The molecule has 1 aliphatic heterocycles. The van der Waals surface area contributed by atoms with E-state index in [9.17, 15) is 19.2 Å². The van der Waals surface area contributed by atoms with Crippen molar-refractivity contribution in [3.05, 3.63) is 15.8 Å². The van der Waals surface area contributed by atoms with Crippen molar-refractivity contribution in [2.24, 2.45) is 0 Å². The molecule has 1 saturated heterocycles. The molecule has 1 aromatic rings. The largest absolute Gasteiger partial charge is 0.477 e. The molecule has 1 fully saturated rings. The zero-order valence-electron chi connectivity index (χ0n) is 10.4. The van der Waals surface area contributed by atoms with Gasteiger partial charge in [-0.2, -0.15) is 0 Å². The number of aryl methyl sites for hydroxylation is 1. The highest BCUT2D eigenvalue weighted by Gasteiger charge is 2.30. The van der Waals surface area contributed by atoms with Gasteiger partial charge in [-0.3, -0.25) is 14.5 Å². The van der Waals surface area contributed by atoms with Crippen molar-refractivity contribution in [3.63, 3.8) is 0 Å². The lowest BCUT2D eigenvalue weighted by Gasteiger charge is -2.12. The van der Waals surface area contributed by atoms with Crippen LogP contribution in [0.15, 0.2) is 5.38 Å². The van der Waals surface area contributed by atoms with Crippen molar-refractivity contribution >= 4 is 40.8 Å². The van der Waals surface area contributed by atoms with Gasteiger partial charge in [-0.15, -0.1) is 11.3 Å². The fraction of sp³-hybridized carbons (Fsp3) is 0.273. The van der Waals surface area contributed by atoms with Crippen LogP contribution in [0.25, 0.3) is 0 Å². The number of imide groups is 1. The van der Waals surface area contributed by atoms with E-state index in [4.69, 9.17) is 5.11 Å². The molecule has 2 rings (SSSR count). The van der Waals surface area contributed by atoms with E-state index in [2.05, 4.69) is 10.6 Å². The monoisotopic (exact) mass is 297 g/mol. The fourth-order valence-electron chi connectivity index (χ4n) is 1.69. The third kappa shape index (κ3) is 2.62. The quantitative estimate of drug-likeness (QED) is 0.689. The first-order valence-electron chi connectivity index (χ1n) is 5.59. The number of nitrogens with zero attached hydrogens (tertiary/aromatic N) is 1. The summed E-state index contributed by atoms with van der Waals surface area (Å²) in [4.78, 5) is 46.2. The first kappa shape index (κ1) is 14.0. The number of thiophene rings is 1. The van der Waals surface area contributed by atoms with Crippen molar-refractivity contribution in [1.82, 2.24) is 10.2 Å². The van der Waals surface area contributed by atoms with Gasteiger partial charge in [-0.25, -0.2) is 9.59 Å². The Labute approximate surface area is 117 Å². The molecule has 0 atom stereocenters. The van der Waals surface area contributed by atoms with Crippen molar-refractivity contribution in [2.45, 2.75) is 6.92 Å². The van der Waals surface area contributed by atoms with E-state index < -0.39 is 30.4 Å². The molecule has 3 N–H and O–H groups in total. The van der Waals surface area contributed by atoms with Crippen LogP contribution >= 0.6 is 11.3 Å². The van der Waals surface area contributed by atoms with E-state index in [1.54, 1.807) is 12.3 Å². The summed E-state index contributed by atoms with van der Waals surface area (Å²) in [5, 5.41) is 15.3. The van der Waals surface area contributed by atoms with Crippen LogP contribution in [-0.2, 0) is 9.59 Å². The number of aromatic carboxylic acids is 1. The predicted molar refractivity (Wildman–Crippen MR) is 69.8 cm³/mol. The van der Waals surface area contributed by atoms with E-state index in [1.165, 1.54) is 0 Å². The minimum Gasteiger partial charge on any atom is -0.477 e. The van der Waals surface area contributed by atoms with E-state index >= 15 is 0 Å². The van der Waals surface area contributed by atoms with Crippen molar-refractivity contribution in [1.29, 1.82) is 0 Å². The minimum atomic E-state index is -1.15. The second-order valence-corrected chi connectivity index (χ2v) is 4.99. The molecule has 1 aliphatic rings. The molecule has 1 aromatic heterocycles. The topological polar surface area (TPSA) is 116 Å². The summed E-state index contributed by atoms with van der Waals surface area (Å²) in [5.41, 5.74) is 0.803. The molecular weight excluding hydrogens is 286 g/mol. The van der Waals surface area contributed by atoms with Crippen molar-refractivity contribution in [3.8, 4) is 0 Å². The van der Waals surface area contributed by atoms with Gasteiger partial charge in [0.25, 0.3) is 5.91 Å². The Morgan fingerprint density at radius 3 is 2.75 bits per heavy atom. The number of amides is 4. The lowest BCUT2D eigenvalue weighted by Crippen LogP contribution is -2.38. The van der Waals surface area contributed by atoms with Crippen LogP contribution in [0.3, 0.4) is 0 Å². The second kappa shape index (κ2) is 5.29. The first-order valence-corrected chi connectivity index (χ1v) is 6.47. The number of anilines is 1. The van der Waals surface area contributed by atoms with E-state index in [-0.39, 0.29) is 17.1 Å². The molecule has 0 spiro atoms. The second-order valence-electron chi connectivity index (χ2n) is 4.11. The first-order chi connectivity index (χ1) is 9.40. The number of carbonyl (C=O) groups is 4. The normalized spacial score (nSPS) is 14.3. The molecule has 0 unspecified atom stereocenters. The van der Waals surface area contributed by atoms with E-state index in [1.807, 2.05) is 0 Å². The molecule has 8 nitrogen and oxygen atoms in total. The van der Waals surface area contributed by atoms with Gasteiger partial charge in [0.1, 0.15) is 11.4 Å². The Bertz CT molecular complexity index is 593. The van der Waals surface area contributed by atoms with Crippen LogP contribution < -0.4 is 10.6 Å². The predicted octanol–water partition coefficient (Wildman–Crippen LogP) is 0.245. The standard InChI is InChI=1S/C11H11N3O5S/c1-5-4-20-9(10(17)18)8(5)13-6(15)3-14-7(16)2-12-11(14)19/h4H,2-3H2,1H3,(H,12,19)(H,13,15)(H,17,18). The zero-order valence-corrected chi connectivity index (χ0v) is 11.2. The Balaban J connectivity index is 2.09. The summed E-state index contributed by atoms with van der Waals surface area (Å²) in [6.45, 7) is 1.08. The molecule has 0 saturated carbocycles. The van der Waals surface area contributed by atoms with Gasteiger partial charge < -0.3 is 15.7 Å². The number of carbonyl (C=O) groups excluding carboxylic acids is 3. The number of rotatable bonds is 4. The summed E-state index contributed by atoms with van der Waals surface area (Å²) >= 11 is 0.996. The number of hydrogen-bond acceptors (Lipinski definition) is 5. The highest BCUT2D eigenvalue weighted by molar-refractivity contribution is 7.12. The average molecular weight is 297 g/mol. The Hall–Kier alpha value is -2.42. The molecule has 2 heterocycles. The van der Waals surface area contributed by atoms with Gasteiger partial charge in [-0.05, 0) is 17.9 Å². The van der Waals surface area contributed by atoms with Gasteiger partial charge >= 0.3 is 12.0 Å². The maximum atomic E-state index is 11.8. The molecule has 0 aliphatic carbocycles. The Kier molecular flexibility index (Phi) is 3.70. The zero-order chi connectivity index (χ0) is 14.9. The third-order valence-corrected chi connectivity index (χ3v) is 3.76. The van der Waals surface area contributed by atoms with Gasteiger partial charge in [0, 0.05) is 0 Å². The Morgan fingerprint density at radius 2 is 2.20 bits per heavy atom. The van der Waals surface area contributed by atoms with Crippen LogP contribution in [0.5, 0.6) is 0 Å². The lowest BCUT2D eigenvalue weighted by atomic mass is 10.2. The molecule has 106 valence electrons. The van der Waals surface area contributed by atoms with Crippen LogP contribution in [0.2, 0.25) is 0 Å². The van der Waals surface area contributed by atoms with Crippen LogP contribution in [0.1, 0.15) is 15.2 Å². The van der Waals surface area contributed by atoms with Crippen molar-refractivity contribution < 1.29 is 24.3 Å². The van der Waals surface area contributed by atoms with Crippen LogP contribution in [0, 0.1) is 6.92 Å². The highest BCUT2D eigenvalue weighted by Crippen LogP contribution is 2.27. The molecule has 4 amide bonds. The summed E-state index contributed by atoms with van der Waals surface area (Å²) < 4.78 is 0. The summed E-state index contributed by atoms with van der Waals surface area (Å²) in [5.74, 6) is -2.27. The summed E-state index contributed by atoms with van der Waals surface area (Å²) in [7, 11) is 0. The molecule has 0 radical (unpaired) electrons. The number of hydrogen-bond donors (Lipinski definition) is 3. The maximum Gasteiger partial charge on any atom is 0.348 e. The molecule has 20 heavy (non-hydrogen) atoms. The molecule has 0 aromatic carbocycles. The van der Waals surface area contributed by atoms with Crippen molar-refractivity contribution in [2.75, 3.05) is 18.4 Å².